The van der Waals surface area contributed by atoms with Crippen molar-refractivity contribution in [3.8, 4) is 0 Å². The van der Waals surface area contributed by atoms with Gasteiger partial charge in [0.2, 0.25) is 0 Å². The lowest BCUT2D eigenvalue weighted by Gasteiger charge is -1.91. The van der Waals surface area contributed by atoms with E-state index in [-0.39, 0.29) is 5.78 Å². The van der Waals surface area contributed by atoms with Crippen molar-refractivity contribution < 1.29 is 4.79 Å². The molecule has 62 valence electrons. The summed E-state index contributed by atoms with van der Waals surface area (Å²) in [5.74, 6) is 0.00786. The molecule has 0 aliphatic rings. The summed E-state index contributed by atoms with van der Waals surface area (Å²) >= 11 is 4.01. The Balaban J connectivity index is 4.22. The molecule has 0 rings (SSSR count). The van der Waals surface area contributed by atoms with Crippen LogP contribution in [0.4, 0.5) is 0 Å². The second kappa shape index (κ2) is 5.19. The lowest BCUT2D eigenvalue weighted by molar-refractivity contribution is -0.112. The van der Waals surface area contributed by atoms with Gasteiger partial charge in [0, 0.05) is 4.91 Å². The summed E-state index contributed by atoms with van der Waals surface area (Å²) in [4.78, 5) is 11.2. The van der Waals surface area contributed by atoms with Gasteiger partial charge in [0.05, 0.1) is 0 Å². The Morgan fingerprint density at radius 3 is 2.27 bits per heavy atom. The van der Waals surface area contributed by atoms with E-state index in [2.05, 4.69) is 19.6 Å². The van der Waals surface area contributed by atoms with Gasteiger partial charge in [-0.05, 0) is 26.3 Å². The largest absolute Gasteiger partial charge is 0.294 e. The van der Waals surface area contributed by atoms with E-state index in [1.165, 1.54) is 12.5 Å². The summed E-state index contributed by atoms with van der Waals surface area (Å²) in [6.07, 6.45) is 4.67. The molecule has 0 aromatic carbocycles. The fourth-order valence-electron chi connectivity index (χ4n) is 0.456. The Labute approximate surface area is 73.6 Å². The van der Waals surface area contributed by atoms with Crippen LogP contribution in [0.25, 0.3) is 0 Å². The number of Topliss-reactive ketones (excluding diaryl/α,β-unsaturated/α-hetero) is 1. The number of hydrogen-bond donors (Lipinski definition) is 1. The fourth-order valence-corrected chi connectivity index (χ4v) is 0.531. The topological polar surface area (TPSA) is 17.1 Å². The van der Waals surface area contributed by atoms with Gasteiger partial charge in [-0.15, -0.1) is 12.6 Å². The van der Waals surface area contributed by atoms with Gasteiger partial charge in [0.15, 0.2) is 5.78 Å². The Kier molecular flexibility index (Phi) is 4.95. The van der Waals surface area contributed by atoms with Crippen LogP contribution < -0.4 is 0 Å². The third-order valence-electron chi connectivity index (χ3n) is 1.44. The summed E-state index contributed by atoms with van der Waals surface area (Å²) in [7, 11) is 0. The molecule has 0 saturated heterocycles. The van der Waals surface area contributed by atoms with Crippen LogP contribution in [0.15, 0.2) is 22.6 Å². The van der Waals surface area contributed by atoms with Crippen molar-refractivity contribution in [2.24, 2.45) is 0 Å². The normalized spacial score (nSPS) is 13.5. The first-order chi connectivity index (χ1) is 5.07. The molecule has 0 amide bonds. The number of rotatable bonds is 3. The van der Waals surface area contributed by atoms with Crippen molar-refractivity contribution in [1.82, 2.24) is 0 Å². The molecule has 0 aromatic rings. The molecule has 0 atom stereocenters. The van der Waals surface area contributed by atoms with Gasteiger partial charge in [-0.25, -0.2) is 0 Å². The van der Waals surface area contributed by atoms with Crippen LogP contribution in [0.3, 0.4) is 0 Å². The number of allylic oxidation sites excluding steroid dienone is 4. The van der Waals surface area contributed by atoms with E-state index in [4.69, 9.17) is 0 Å². The van der Waals surface area contributed by atoms with Crippen molar-refractivity contribution >= 4 is 18.4 Å². The van der Waals surface area contributed by atoms with Gasteiger partial charge in [-0.2, -0.15) is 0 Å². The zero-order chi connectivity index (χ0) is 8.85. The van der Waals surface area contributed by atoms with Crippen molar-refractivity contribution in [3.63, 3.8) is 0 Å². The molecule has 11 heavy (non-hydrogen) atoms. The lowest BCUT2D eigenvalue weighted by Crippen LogP contribution is -1.87. The van der Waals surface area contributed by atoms with Gasteiger partial charge in [-0.1, -0.05) is 18.6 Å². The van der Waals surface area contributed by atoms with Crippen LogP contribution in [0.5, 0.6) is 0 Å². The highest BCUT2D eigenvalue weighted by atomic mass is 32.1. The van der Waals surface area contributed by atoms with Crippen molar-refractivity contribution in [1.29, 1.82) is 0 Å². The first-order valence-corrected chi connectivity index (χ1v) is 4.10. The molecule has 0 aliphatic carbocycles. The second-order valence-corrected chi connectivity index (χ2v) is 2.96. The lowest BCUT2D eigenvalue weighted by atomic mass is 10.2. The summed E-state index contributed by atoms with van der Waals surface area (Å²) in [6.45, 7) is 5.61. The van der Waals surface area contributed by atoms with Gasteiger partial charge in [0.1, 0.15) is 0 Å². The quantitative estimate of drug-likeness (QED) is 0.391. The highest BCUT2D eigenvalue weighted by molar-refractivity contribution is 7.85. The van der Waals surface area contributed by atoms with E-state index in [0.29, 0.717) is 4.91 Å². The predicted molar refractivity (Wildman–Crippen MR) is 51.8 cm³/mol. The average molecular weight is 170 g/mol. The molecule has 0 spiro atoms. The monoisotopic (exact) mass is 170 g/mol. The summed E-state index contributed by atoms with van der Waals surface area (Å²) in [6, 6.07) is 0. The van der Waals surface area contributed by atoms with E-state index in [9.17, 15) is 4.79 Å². The third kappa shape index (κ3) is 4.85. The Morgan fingerprint density at radius 2 is 1.91 bits per heavy atom. The molecule has 0 aliphatic heterocycles. The number of carbonyl (C=O) groups is 1. The predicted octanol–water partition coefficient (Wildman–Crippen LogP) is 2.75. The minimum Gasteiger partial charge on any atom is -0.294 e. The van der Waals surface area contributed by atoms with Crippen molar-refractivity contribution in [3.05, 3.63) is 22.6 Å². The molecule has 0 aromatic heterocycles. The van der Waals surface area contributed by atoms with E-state index >= 15 is 0 Å². The van der Waals surface area contributed by atoms with Gasteiger partial charge < -0.3 is 0 Å². The third-order valence-corrected chi connectivity index (χ3v) is 1.91. The van der Waals surface area contributed by atoms with Crippen molar-refractivity contribution in [2.45, 2.75) is 27.2 Å². The fraction of sp³-hybridized carbons (Fsp3) is 0.444. The maximum atomic E-state index is 10.7. The SMILES string of the molecule is CC/C(C)=C/C=C(\S)C(C)=O. The molecule has 0 heterocycles. The summed E-state index contributed by atoms with van der Waals surface area (Å²) in [5.41, 5.74) is 1.25. The van der Waals surface area contributed by atoms with Gasteiger partial charge in [0.25, 0.3) is 0 Å². The first-order valence-electron chi connectivity index (χ1n) is 3.65. The second-order valence-electron chi connectivity index (χ2n) is 2.47. The first kappa shape index (κ1) is 10.5. The van der Waals surface area contributed by atoms with Crippen LogP contribution in [0.2, 0.25) is 0 Å². The maximum Gasteiger partial charge on any atom is 0.165 e. The number of hydrogen-bond acceptors (Lipinski definition) is 2. The highest BCUT2D eigenvalue weighted by Gasteiger charge is 1.93. The molecule has 0 bridgehead atoms. The molecule has 0 radical (unpaired) electrons. The van der Waals surface area contributed by atoms with Crippen molar-refractivity contribution in [2.75, 3.05) is 0 Å². The van der Waals surface area contributed by atoms with Crippen LogP contribution in [0.1, 0.15) is 27.2 Å². The number of carbonyl (C=O) groups excluding carboxylic acids is 1. The summed E-state index contributed by atoms with van der Waals surface area (Å²) < 4.78 is 0. The Morgan fingerprint density at radius 1 is 1.36 bits per heavy atom. The minimum atomic E-state index is 0.00786. The van der Waals surface area contributed by atoms with Crippen LogP contribution in [-0.2, 0) is 4.79 Å². The molecule has 2 heteroatoms. The smallest absolute Gasteiger partial charge is 0.165 e. The maximum absolute atomic E-state index is 10.7. The zero-order valence-electron chi connectivity index (χ0n) is 7.22. The summed E-state index contributed by atoms with van der Waals surface area (Å²) in [5, 5.41) is 0. The Bertz CT molecular complexity index is 202. The molecule has 0 saturated carbocycles. The van der Waals surface area contributed by atoms with E-state index < -0.39 is 0 Å². The molecule has 0 fully saturated rings. The van der Waals surface area contributed by atoms with E-state index in [0.717, 1.165) is 6.42 Å². The Hall–Kier alpha value is -0.500. The molecular formula is C9H14OS. The molecular weight excluding hydrogens is 156 g/mol. The molecule has 1 nitrogen and oxygen atoms in total. The van der Waals surface area contributed by atoms with Gasteiger partial charge >= 0.3 is 0 Å². The van der Waals surface area contributed by atoms with E-state index in [1.807, 2.05) is 13.0 Å². The van der Waals surface area contributed by atoms with Crippen LogP contribution in [-0.4, -0.2) is 5.78 Å². The van der Waals surface area contributed by atoms with Crippen LogP contribution >= 0.6 is 12.6 Å². The molecule has 0 unspecified atom stereocenters. The highest BCUT2D eigenvalue weighted by Crippen LogP contribution is 2.04. The average Bonchev–Trinajstić information content (AvgIpc) is 1.99. The van der Waals surface area contributed by atoms with Crippen LogP contribution in [0, 0.1) is 0 Å². The molecule has 0 N–H and O–H groups in total. The number of thiol groups is 1. The van der Waals surface area contributed by atoms with E-state index in [1.54, 1.807) is 6.08 Å². The zero-order valence-corrected chi connectivity index (χ0v) is 8.11. The van der Waals surface area contributed by atoms with Gasteiger partial charge in [-0.3, -0.25) is 4.79 Å². The number of ketones is 1. The minimum absolute atomic E-state index is 0.00786. The standard InChI is InChI=1S/C9H14OS/c1-4-7(2)5-6-9(11)8(3)10/h5-6,11H,4H2,1-3H3/b7-5+,9-6-.